The molecule has 1 amide bonds. The molecular weight excluding hydrogens is 311 g/mol. The van der Waals surface area contributed by atoms with Crippen LogP contribution in [0.4, 0.5) is 10.1 Å². The molecule has 0 aromatic heterocycles. The molecule has 1 saturated heterocycles. The van der Waals surface area contributed by atoms with E-state index in [1.165, 1.54) is 6.07 Å². The summed E-state index contributed by atoms with van der Waals surface area (Å²) in [5, 5.41) is 6.15. The fourth-order valence-corrected chi connectivity index (χ4v) is 2.87. The number of carbonyl (C=O) groups is 1. The van der Waals surface area contributed by atoms with Crippen LogP contribution in [0, 0.1) is 17.2 Å². The van der Waals surface area contributed by atoms with Crippen molar-refractivity contribution in [3.63, 3.8) is 0 Å². The zero-order valence-corrected chi connectivity index (χ0v) is 12.7. The first kappa shape index (κ1) is 14.5. The Hall–Kier alpha value is -0.940. The van der Waals surface area contributed by atoms with Gasteiger partial charge in [-0.15, -0.1) is 0 Å². The highest BCUT2D eigenvalue weighted by molar-refractivity contribution is 9.10. The molecule has 2 rings (SSSR count). The summed E-state index contributed by atoms with van der Waals surface area (Å²) < 4.78 is 13.5. The van der Waals surface area contributed by atoms with Gasteiger partial charge in [-0.3, -0.25) is 4.79 Å². The van der Waals surface area contributed by atoms with Gasteiger partial charge in [-0.05, 0) is 53.0 Å². The summed E-state index contributed by atoms with van der Waals surface area (Å²) in [5.74, 6) is -0.0727. The lowest BCUT2D eigenvalue weighted by Crippen LogP contribution is -2.42. The lowest BCUT2D eigenvalue weighted by Gasteiger charge is -2.31. The van der Waals surface area contributed by atoms with Gasteiger partial charge >= 0.3 is 0 Å². The minimum Gasteiger partial charge on any atom is -0.326 e. The highest BCUT2D eigenvalue weighted by Crippen LogP contribution is 2.35. The maximum absolute atomic E-state index is 13.2. The number of carbonyl (C=O) groups excluding carboxylic acids is 1. The third-order valence-corrected chi connectivity index (χ3v) is 4.53. The van der Waals surface area contributed by atoms with Crippen LogP contribution in [0.1, 0.15) is 20.3 Å². The zero-order valence-electron chi connectivity index (χ0n) is 11.1. The van der Waals surface area contributed by atoms with Crippen LogP contribution in [-0.4, -0.2) is 19.0 Å². The number of rotatable bonds is 3. The van der Waals surface area contributed by atoms with Crippen molar-refractivity contribution in [2.45, 2.75) is 20.3 Å². The summed E-state index contributed by atoms with van der Waals surface area (Å²) in [6.07, 6.45) is 0.832. The molecule has 2 N–H and O–H groups in total. The van der Waals surface area contributed by atoms with Gasteiger partial charge in [0.25, 0.3) is 0 Å². The summed E-state index contributed by atoms with van der Waals surface area (Å²) in [6, 6.07) is 4.51. The van der Waals surface area contributed by atoms with Gasteiger partial charge in [-0.1, -0.05) is 13.8 Å². The smallest absolute Gasteiger partial charge is 0.232 e. The Kier molecular flexibility index (Phi) is 4.26. The summed E-state index contributed by atoms with van der Waals surface area (Å²) >= 11 is 3.12. The average molecular weight is 329 g/mol. The molecule has 1 aliphatic heterocycles. The molecule has 1 unspecified atom stereocenters. The van der Waals surface area contributed by atoms with Gasteiger partial charge in [-0.2, -0.15) is 0 Å². The number of benzene rings is 1. The fourth-order valence-electron chi connectivity index (χ4n) is 2.49. The van der Waals surface area contributed by atoms with Crippen molar-refractivity contribution in [1.29, 1.82) is 0 Å². The molecule has 1 aromatic rings. The number of halogens is 2. The summed E-state index contributed by atoms with van der Waals surface area (Å²) in [4.78, 5) is 12.5. The molecule has 104 valence electrons. The number of hydrogen-bond donors (Lipinski definition) is 2. The third kappa shape index (κ3) is 2.82. The first-order valence-electron chi connectivity index (χ1n) is 6.43. The molecule has 0 radical (unpaired) electrons. The SMILES string of the molecule is CC(C)C1(C(=O)Nc2ccc(F)c(Br)c2)CCNC1. The van der Waals surface area contributed by atoms with Gasteiger partial charge < -0.3 is 10.6 Å². The van der Waals surface area contributed by atoms with E-state index in [4.69, 9.17) is 0 Å². The van der Waals surface area contributed by atoms with Gasteiger partial charge in [0.15, 0.2) is 0 Å². The second kappa shape index (κ2) is 5.59. The molecule has 19 heavy (non-hydrogen) atoms. The first-order valence-corrected chi connectivity index (χ1v) is 7.22. The number of amides is 1. The molecule has 1 aromatic carbocycles. The Morgan fingerprint density at radius 2 is 2.26 bits per heavy atom. The minimum atomic E-state index is -0.374. The Bertz CT molecular complexity index is 484. The summed E-state index contributed by atoms with van der Waals surface area (Å²) in [6.45, 7) is 5.68. The zero-order chi connectivity index (χ0) is 14.0. The summed E-state index contributed by atoms with van der Waals surface area (Å²) in [7, 11) is 0. The van der Waals surface area contributed by atoms with Gasteiger partial charge in [0.05, 0.1) is 9.89 Å². The highest BCUT2D eigenvalue weighted by atomic mass is 79.9. The predicted octanol–water partition coefficient (Wildman–Crippen LogP) is 3.16. The molecule has 1 atom stereocenters. The Morgan fingerprint density at radius 3 is 2.79 bits per heavy atom. The van der Waals surface area contributed by atoms with Crippen molar-refractivity contribution in [2.24, 2.45) is 11.3 Å². The number of nitrogens with one attached hydrogen (secondary N) is 2. The van der Waals surface area contributed by atoms with E-state index in [0.29, 0.717) is 16.7 Å². The molecule has 1 aliphatic rings. The Labute approximate surface area is 121 Å². The first-order chi connectivity index (χ1) is 8.95. The van der Waals surface area contributed by atoms with E-state index in [0.717, 1.165) is 13.0 Å². The standard InChI is InChI=1S/C14H18BrFN2O/c1-9(2)14(5-6-17-8-14)13(19)18-10-3-4-12(16)11(15)7-10/h3-4,7,9,17H,5-6,8H2,1-2H3,(H,18,19). The monoisotopic (exact) mass is 328 g/mol. The Balaban J connectivity index is 2.17. The van der Waals surface area contributed by atoms with E-state index in [-0.39, 0.29) is 23.1 Å². The number of anilines is 1. The van der Waals surface area contributed by atoms with Crippen LogP contribution in [0.25, 0.3) is 0 Å². The van der Waals surface area contributed by atoms with Crippen LogP contribution in [0.2, 0.25) is 0 Å². The maximum atomic E-state index is 13.2. The van der Waals surface area contributed by atoms with Crippen LogP contribution in [0.3, 0.4) is 0 Å². The topological polar surface area (TPSA) is 41.1 Å². The molecule has 0 bridgehead atoms. The van der Waals surface area contributed by atoms with Crippen molar-refractivity contribution in [3.8, 4) is 0 Å². The maximum Gasteiger partial charge on any atom is 0.232 e. The van der Waals surface area contributed by atoms with Crippen LogP contribution in [0.15, 0.2) is 22.7 Å². The average Bonchev–Trinajstić information content (AvgIpc) is 2.84. The second-order valence-electron chi connectivity index (χ2n) is 5.32. The lowest BCUT2D eigenvalue weighted by molar-refractivity contribution is -0.126. The molecule has 5 heteroatoms. The second-order valence-corrected chi connectivity index (χ2v) is 6.17. The molecule has 1 fully saturated rings. The van der Waals surface area contributed by atoms with Crippen LogP contribution >= 0.6 is 15.9 Å². The van der Waals surface area contributed by atoms with Crippen molar-refractivity contribution in [1.82, 2.24) is 5.32 Å². The molecule has 0 saturated carbocycles. The molecule has 3 nitrogen and oxygen atoms in total. The molecule has 0 aliphatic carbocycles. The summed E-state index contributed by atoms with van der Waals surface area (Å²) in [5.41, 5.74) is 0.242. The molecular formula is C14H18BrFN2O. The van der Waals surface area contributed by atoms with Crippen LogP contribution in [0.5, 0.6) is 0 Å². The Morgan fingerprint density at radius 1 is 1.53 bits per heavy atom. The largest absolute Gasteiger partial charge is 0.326 e. The fraction of sp³-hybridized carbons (Fsp3) is 0.500. The predicted molar refractivity (Wildman–Crippen MR) is 77.5 cm³/mol. The van der Waals surface area contributed by atoms with Gasteiger partial charge in [0.2, 0.25) is 5.91 Å². The molecule has 1 heterocycles. The lowest BCUT2D eigenvalue weighted by atomic mass is 9.75. The van der Waals surface area contributed by atoms with E-state index >= 15 is 0 Å². The van der Waals surface area contributed by atoms with Crippen molar-refractivity contribution in [2.75, 3.05) is 18.4 Å². The third-order valence-electron chi connectivity index (χ3n) is 3.92. The van der Waals surface area contributed by atoms with E-state index < -0.39 is 0 Å². The van der Waals surface area contributed by atoms with E-state index in [1.807, 2.05) is 0 Å². The van der Waals surface area contributed by atoms with Crippen molar-refractivity contribution >= 4 is 27.5 Å². The minimum absolute atomic E-state index is 0.00556. The van der Waals surface area contributed by atoms with Gasteiger partial charge in [-0.25, -0.2) is 4.39 Å². The van der Waals surface area contributed by atoms with E-state index in [9.17, 15) is 9.18 Å². The van der Waals surface area contributed by atoms with E-state index in [1.54, 1.807) is 12.1 Å². The van der Waals surface area contributed by atoms with Crippen molar-refractivity contribution in [3.05, 3.63) is 28.5 Å². The number of hydrogen-bond acceptors (Lipinski definition) is 2. The highest BCUT2D eigenvalue weighted by Gasteiger charge is 2.43. The quantitative estimate of drug-likeness (QED) is 0.894. The normalized spacial score (nSPS) is 22.8. The van der Waals surface area contributed by atoms with Crippen LogP contribution in [-0.2, 0) is 4.79 Å². The molecule has 0 spiro atoms. The van der Waals surface area contributed by atoms with Crippen LogP contribution < -0.4 is 10.6 Å². The van der Waals surface area contributed by atoms with Gasteiger partial charge in [0, 0.05) is 12.2 Å². The van der Waals surface area contributed by atoms with Gasteiger partial charge in [0.1, 0.15) is 5.82 Å². The van der Waals surface area contributed by atoms with Crippen molar-refractivity contribution < 1.29 is 9.18 Å². The van der Waals surface area contributed by atoms with E-state index in [2.05, 4.69) is 40.4 Å².